The molecule has 4 aliphatic carbocycles. The predicted octanol–water partition coefficient (Wildman–Crippen LogP) is 6.04. The highest BCUT2D eigenvalue weighted by atomic mass is 79.9. The first-order chi connectivity index (χ1) is 11.4. The number of rotatable bonds is 2. The normalized spacial score (nSPS) is 55.4. The van der Waals surface area contributed by atoms with E-state index in [2.05, 4.69) is 36.7 Å². The summed E-state index contributed by atoms with van der Waals surface area (Å²) >= 11 is 3.77. The zero-order valence-corrected chi connectivity index (χ0v) is 17.5. The van der Waals surface area contributed by atoms with Crippen LogP contribution >= 0.6 is 15.9 Å². The molecule has 0 aromatic rings. The molecule has 1 N–H and O–H groups in total. The average molecular weight is 397 g/mol. The van der Waals surface area contributed by atoms with Gasteiger partial charge in [-0.05, 0) is 112 Å². The van der Waals surface area contributed by atoms with Crippen LogP contribution in [0.15, 0.2) is 0 Å². The lowest BCUT2D eigenvalue weighted by atomic mass is 9.48. The molecule has 0 radical (unpaired) electrons. The zero-order chi connectivity index (χ0) is 17.1. The van der Waals surface area contributed by atoms with E-state index in [0.29, 0.717) is 5.41 Å². The second-order valence-electron chi connectivity index (χ2n) is 10.5. The summed E-state index contributed by atoms with van der Waals surface area (Å²) in [6, 6.07) is 0. The first-order valence-corrected chi connectivity index (χ1v) is 11.8. The predicted molar refractivity (Wildman–Crippen MR) is 104 cm³/mol. The van der Waals surface area contributed by atoms with Gasteiger partial charge < -0.3 is 5.11 Å². The van der Waals surface area contributed by atoms with E-state index in [-0.39, 0.29) is 5.60 Å². The van der Waals surface area contributed by atoms with Crippen molar-refractivity contribution in [2.75, 3.05) is 5.33 Å². The van der Waals surface area contributed by atoms with Gasteiger partial charge >= 0.3 is 0 Å². The lowest BCUT2D eigenvalue weighted by Crippen LogP contribution is -2.50. The van der Waals surface area contributed by atoms with Gasteiger partial charge in [-0.25, -0.2) is 0 Å². The molecule has 0 saturated heterocycles. The first kappa shape index (κ1) is 17.8. The third kappa shape index (κ3) is 2.73. The molecule has 4 fully saturated rings. The highest BCUT2D eigenvalue weighted by molar-refractivity contribution is 9.09. The van der Waals surface area contributed by atoms with Crippen molar-refractivity contribution in [2.24, 2.45) is 46.8 Å². The van der Waals surface area contributed by atoms with E-state index in [9.17, 15) is 5.11 Å². The molecule has 1 nitrogen and oxygen atoms in total. The Hall–Kier alpha value is 0.440. The van der Waals surface area contributed by atoms with Crippen molar-refractivity contribution in [3.8, 4) is 0 Å². The van der Waals surface area contributed by atoms with Crippen LogP contribution in [0.2, 0.25) is 0 Å². The number of alkyl halides is 1. The minimum Gasteiger partial charge on any atom is -0.390 e. The molecule has 0 spiro atoms. The van der Waals surface area contributed by atoms with Crippen LogP contribution in [0.4, 0.5) is 0 Å². The summed E-state index contributed by atoms with van der Waals surface area (Å²) in [6.07, 6.45) is 12.2. The summed E-state index contributed by atoms with van der Waals surface area (Å²) in [4.78, 5) is 0. The first-order valence-electron chi connectivity index (χ1n) is 10.6. The Labute approximate surface area is 157 Å². The molecule has 138 valence electrons. The van der Waals surface area contributed by atoms with Crippen LogP contribution in [0.5, 0.6) is 0 Å². The number of hydrogen-bond acceptors (Lipinski definition) is 1. The van der Waals surface area contributed by atoms with Crippen LogP contribution < -0.4 is 0 Å². The number of aliphatic hydroxyl groups is 1. The molecule has 0 aliphatic heterocycles. The highest BCUT2D eigenvalue weighted by Crippen LogP contribution is 2.65. The van der Waals surface area contributed by atoms with E-state index < -0.39 is 0 Å². The van der Waals surface area contributed by atoms with Gasteiger partial charge in [0.25, 0.3) is 0 Å². The largest absolute Gasteiger partial charge is 0.390 e. The highest BCUT2D eigenvalue weighted by Gasteiger charge is 2.57. The Morgan fingerprint density at radius 2 is 1.71 bits per heavy atom. The molecule has 0 aromatic heterocycles. The minimum absolute atomic E-state index is 0.374. The minimum atomic E-state index is -0.374. The Bertz CT molecular complexity index is 475. The second-order valence-corrected chi connectivity index (χ2v) is 11.2. The third-order valence-corrected chi connectivity index (χ3v) is 10.3. The fourth-order valence-electron chi connectivity index (χ4n) is 8.16. The Kier molecular flexibility index (Phi) is 4.65. The molecule has 4 rings (SSSR count). The quantitative estimate of drug-likeness (QED) is 0.564. The summed E-state index contributed by atoms with van der Waals surface area (Å²) in [6.45, 7) is 7.21. The molecule has 0 aromatic carbocycles. The summed E-state index contributed by atoms with van der Waals surface area (Å²) in [5, 5.41) is 11.7. The maximum Gasteiger partial charge on any atom is 0.0622 e. The van der Waals surface area contributed by atoms with Crippen molar-refractivity contribution in [1.29, 1.82) is 0 Å². The van der Waals surface area contributed by atoms with Gasteiger partial charge in [-0.1, -0.05) is 29.8 Å². The van der Waals surface area contributed by atoms with E-state index >= 15 is 0 Å². The monoisotopic (exact) mass is 396 g/mol. The molecular formula is C22H37BrO. The standard InChI is InChI=1S/C22H37BrO/c1-14(13-23)19-6-7-20-18-5-4-15-12-21(2,24)10-8-16(15)17(18)9-11-22(19,20)3/h14-20,24H,4-13H2,1-3H3/t14?,15-,16-,17+,18?,19+,20?,21+,22+/m0/s1. The van der Waals surface area contributed by atoms with Crippen LogP contribution in [-0.4, -0.2) is 16.0 Å². The molecule has 9 atom stereocenters. The fraction of sp³-hybridized carbons (Fsp3) is 1.00. The van der Waals surface area contributed by atoms with E-state index in [4.69, 9.17) is 0 Å². The molecule has 3 unspecified atom stereocenters. The van der Waals surface area contributed by atoms with Crippen LogP contribution in [0, 0.1) is 46.8 Å². The summed E-state index contributed by atoms with van der Waals surface area (Å²) in [5.41, 5.74) is 0.238. The van der Waals surface area contributed by atoms with Crippen molar-refractivity contribution in [2.45, 2.75) is 84.2 Å². The van der Waals surface area contributed by atoms with Crippen molar-refractivity contribution in [1.82, 2.24) is 0 Å². The summed E-state index contributed by atoms with van der Waals surface area (Å²) in [5.74, 6) is 6.49. The Morgan fingerprint density at radius 3 is 2.46 bits per heavy atom. The van der Waals surface area contributed by atoms with Gasteiger partial charge in [0.15, 0.2) is 0 Å². The average Bonchev–Trinajstić information content (AvgIpc) is 2.90. The fourth-order valence-corrected chi connectivity index (χ4v) is 8.62. The van der Waals surface area contributed by atoms with Crippen LogP contribution in [-0.2, 0) is 0 Å². The molecule has 0 bridgehead atoms. The molecule has 4 aliphatic rings. The van der Waals surface area contributed by atoms with Crippen LogP contribution in [0.3, 0.4) is 0 Å². The smallest absolute Gasteiger partial charge is 0.0622 e. The second kappa shape index (κ2) is 6.25. The molecule has 24 heavy (non-hydrogen) atoms. The lowest BCUT2D eigenvalue weighted by molar-refractivity contribution is -0.102. The Balaban J connectivity index is 1.53. The number of hydrogen-bond donors (Lipinski definition) is 1. The van der Waals surface area contributed by atoms with Crippen LogP contribution in [0.1, 0.15) is 78.6 Å². The SMILES string of the molecule is CC(CBr)[C@H]1CCC2C3CC[C@H]4C[C@](C)(O)CC[C@@H]4[C@H]3CC[C@@]21C. The maximum atomic E-state index is 10.5. The summed E-state index contributed by atoms with van der Waals surface area (Å²) in [7, 11) is 0. The van der Waals surface area contributed by atoms with Crippen molar-refractivity contribution in [3.05, 3.63) is 0 Å². The number of halogens is 1. The molecule has 0 amide bonds. The zero-order valence-electron chi connectivity index (χ0n) is 15.9. The van der Waals surface area contributed by atoms with Gasteiger partial charge in [0, 0.05) is 5.33 Å². The lowest BCUT2D eigenvalue weighted by Gasteiger charge is -2.57. The van der Waals surface area contributed by atoms with Crippen molar-refractivity contribution < 1.29 is 5.11 Å². The van der Waals surface area contributed by atoms with Gasteiger partial charge in [-0.3, -0.25) is 0 Å². The van der Waals surface area contributed by atoms with Gasteiger partial charge in [0.1, 0.15) is 0 Å². The van der Waals surface area contributed by atoms with Gasteiger partial charge in [-0.15, -0.1) is 0 Å². The van der Waals surface area contributed by atoms with Crippen LogP contribution in [0.25, 0.3) is 0 Å². The van der Waals surface area contributed by atoms with E-state index in [1.54, 1.807) is 0 Å². The van der Waals surface area contributed by atoms with Crippen molar-refractivity contribution >= 4 is 15.9 Å². The van der Waals surface area contributed by atoms with E-state index in [1.165, 1.54) is 50.3 Å². The maximum absolute atomic E-state index is 10.5. The van der Waals surface area contributed by atoms with E-state index in [0.717, 1.165) is 54.3 Å². The van der Waals surface area contributed by atoms with Gasteiger partial charge in [0.05, 0.1) is 5.60 Å². The Morgan fingerprint density at radius 1 is 0.958 bits per heavy atom. The third-order valence-electron chi connectivity index (χ3n) is 9.24. The molecule has 2 heteroatoms. The van der Waals surface area contributed by atoms with E-state index in [1.807, 2.05) is 0 Å². The molecule has 4 saturated carbocycles. The van der Waals surface area contributed by atoms with Crippen molar-refractivity contribution in [3.63, 3.8) is 0 Å². The van der Waals surface area contributed by atoms with Gasteiger partial charge in [-0.2, -0.15) is 0 Å². The van der Waals surface area contributed by atoms with Gasteiger partial charge in [0.2, 0.25) is 0 Å². The topological polar surface area (TPSA) is 20.2 Å². The molecule has 0 heterocycles. The molecular weight excluding hydrogens is 360 g/mol. The summed E-state index contributed by atoms with van der Waals surface area (Å²) < 4.78 is 0. The number of fused-ring (bicyclic) bond motifs is 5.